The third-order valence-electron chi connectivity index (χ3n) is 3.03. The van der Waals surface area contributed by atoms with Crippen LogP contribution in [0.25, 0.3) is 0 Å². The quantitative estimate of drug-likeness (QED) is 0.605. The van der Waals surface area contributed by atoms with Crippen molar-refractivity contribution in [2.75, 3.05) is 12.4 Å². The molecule has 2 aromatic rings. The van der Waals surface area contributed by atoms with Gasteiger partial charge in [-0.2, -0.15) is 0 Å². The maximum absolute atomic E-state index is 5.76. The van der Waals surface area contributed by atoms with Crippen LogP contribution in [0.1, 0.15) is 30.9 Å². The first-order valence-corrected chi connectivity index (χ1v) is 7.65. The van der Waals surface area contributed by atoms with Crippen LogP contribution in [-0.4, -0.2) is 32.6 Å². The standard InChI is InChI=1S/C14H20N4OS/c1-10(2)13-6-5-12(9-11(13)3)19-7-8-20-14-15-16-17-18(14)4/h5-6,9-10H,7-8H2,1-4H3. The Morgan fingerprint density at radius 1 is 1.35 bits per heavy atom. The van der Waals surface area contributed by atoms with E-state index in [2.05, 4.69) is 48.4 Å². The van der Waals surface area contributed by atoms with E-state index in [0.29, 0.717) is 12.5 Å². The molecule has 0 atom stereocenters. The van der Waals surface area contributed by atoms with Gasteiger partial charge in [-0.25, -0.2) is 4.68 Å². The number of nitrogens with zero attached hydrogens (tertiary/aromatic N) is 4. The van der Waals surface area contributed by atoms with Crippen molar-refractivity contribution in [3.63, 3.8) is 0 Å². The molecule has 1 aromatic heterocycles. The van der Waals surface area contributed by atoms with E-state index < -0.39 is 0 Å². The number of thioether (sulfide) groups is 1. The molecule has 0 N–H and O–H groups in total. The fourth-order valence-electron chi connectivity index (χ4n) is 2.02. The van der Waals surface area contributed by atoms with E-state index in [1.165, 1.54) is 11.1 Å². The Morgan fingerprint density at radius 3 is 2.75 bits per heavy atom. The van der Waals surface area contributed by atoms with Gasteiger partial charge in [-0.1, -0.05) is 31.7 Å². The van der Waals surface area contributed by atoms with Crippen LogP contribution < -0.4 is 4.74 Å². The van der Waals surface area contributed by atoms with Crippen LogP contribution in [0.15, 0.2) is 23.4 Å². The summed E-state index contributed by atoms with van der Waals surface area (Å²) in [6.45, 7) is 7.17. The summed E-state index contributed by atoms with van der Waals surface area (Å²) in [5, 5.41) is 12.1. The molecule has 0 saturated carbocycles. The maximum Gasteiger partial charge on any atom is 0.209 e. The summed E-state index contributed by atoms with van der Waals surface area (Å²) in [6, 6.07) is 6.29. The lowest BCUT2D eigenvalue weighted by molar-refractivity contribution is 0.343. The Morgan fingerprint density at radius 2 is 2.15 bits per heavy atom. The summed E-state index contributed by atoms with van der Waals surface area (Å²) < 4.78 is 7.42. The molecule has 20 heavy (non-hydrogen) atoms. The second kappa shape index (κ2) is 6.74. The number of ether oxygens (including phenoxy) is 1. The molecule has 0 spiro atoms. The molecular weight excluding hydrogens is 272 g/mol. The molecule has 0 aliphatic carbocycles. The normalized spacial score (nSPS) is 11.1. The fraction of sp³-hybridized carbons (Fsp3) is 0.500. The van der Waals surface area contributed by atoms with Crippen molar-refractivity contribution in [2.45, 2.75) is 31.8 Å². The average Bonchev–Trinajstić information content (AvgIpc) is 2.80. The number of hydrogen-bond acceptors (Lipinski definition) is 5. The highest BCUT2D eigenvalue weighted by molar-refractivity contribution is 7.99. The first-order valence-electron chi connectivity index (χ1n) is 6.66. The van der Waals surface area contributed by atoms with Gasteiger partial charge in [0.15, 0.2) is 0 Å². The van der Waals surface area contributed by atoms with Gasteiger partial charge in [-0.15, -0.1) is 5.10 Å². The topological polar surface area (TPSA) is 52.8 Å². The van der Waals surface area contributed by atoms with Gasteiger partial charge in [0.1, 0.15) is 5.75 Å². The molecule has 108 valence electrons. The van der Waals surface area contributed by atoms with Gasteiger partial charge in [-0.3, -0.25) is 0 Å². The summed E-state index contributed by atoms with van der Waals surface area (Å²) in [5.41, 5.74) is 2.65. The van der Waals surface area contributed by atoms with Crippen molar-refractivity contribution >= 4 is 11.8 Å². The Hall–Kier alpha value is -1.56. The highest BCUT2D eigenvalue weighted by Gasteiger charge is 2.05. The molecule has 5 nitrogen and oxygen atoms in total. The van der Waals surface area contributed by atoms with Gasteiger partial charge in [-0.05, 0) is 46.5 Å². The van der Waals surface area contributed by atoms with E-state index in [0.717, 1.165) is 16.7 Å². The smallest absolute Gasteiger partial charge is 0.209 e. The monoisotopic (exact) mass is 292 g/mol. The highest BCUT2D eigenvalue weighted by Crippen LogP contribution is 2.23. The van der Waals surface area contributed by atoms with Crippen LogP contribution in [0.2, 0.25) is 0 Å². The van der Waals surface area contributed by atoms with Crippen molar-refractivity contribution in [1.29, 1.82) is 0 Å². The van der Waals surface area contributed by atoms with E-state index in [1.807, 2.05) is 13.1 Å². The van der Waals surface area contributed by atoms with Crippen LogP contribution >= 0.6 is 11.8 Å². The molecule has 0 unspecified atom stereocenters. The number of aromatic nitrogens is 4. The zero-order chi connectivity index (χ0) is 14.5. The second-order valence-electron chi connectivity index (χ2n) is 4.96. The van der Waals surface area contributed by atoms with Crippen LogP contribution in [0.3, 0.4) is 0 Å². The lowest BCUT2D eigenvalue weighted by atomic mass is 9.98. The minimum atomic E-state index is 0.544. The van der Waals surface area contributed by atoms with E-state index in [9.17, 15) is 0 Å². The average molecular weight is 292 g/mol. The zero-order valence-electron chi connectivity index (χ0n) is 12.3. The SMILES string of the molecule is Cc1cc(OCCSc2nnnn2C)ccc1C(C)C. The molecule has 0 amide bonds. The van der Waals surface area contributed by atoms with E-state index in [4.69, 9.17) is 4.74 Å². The van der Waals surface area contributed by atoms with Gasteiger partial charge in [0.05, 0.1) is 6.61 Å². The van der Waals surface area contributed by atoms with Crippen LogP contribution in [-0.2, 0) is 7.05 Å². The first kappa shape index (κ1) is 14.8. The number of hydrogen-bond donors (Lipinski definition) is 0. The summed E-state index contributed by atoms with van der Waals surface area (Å²) in [5.74, 6) is 2.28. The predicted octanol–water partition coefficient (Wildman–Crippen LogP) is 2.81. The largest absolute Gasteiger partial charge is 0.493 e. The molecule has 0 aliphatic heterocycles. The molecule has 0 radical (unpaired) electrons. The minimum absolute atomic E-state index is 0.544. The van der Waals surface area contributed by atoms with Crippen LogP contribution in [0.4, 0.5) is 0 Å². The second-order valence-corrected chi connectivity index (χ2v) is 6.02. The van der Waals surface area contributed by atoms with Gasteiger partial charge < -0.3 is 4.74 Å². The Bertz CT molecular complexity index is 568. The third kappa shape index (κ3) is 3.72. The van der Waals surface area contributed by atoms with E-state index >= 15 is 0 Å². The van der Waals surface area contributed by atoms with Crippen molar-refractivity contribution in [2.24, 2.45) is 7.05 Å². The number of benzene rings is 1. The molecule has 0 bridgehead atoms. The minimum Gasteiger partial charge on any atom is -0.493 e. The number of tetrazole rings is 1. The Labute approximate surface area is 123 Å². The van der Waals surface area contributed by atoms with Gasteiger partial charge >= 0.3 is 0 Å². The molecule has 1 heterocycles. The molecule has 0 fully saturated rings. The zero-order valence-corrected chi connectivity index (χ0v) is 13.1. The van der Waals surface area contributed by atoms with Gasteiger partial charge in [0.25, 0.3) is 0 Å². The third-order valence-corrected chi connectivity index (χ3v) is 4.00. The van der Waals surface area contributed by atoms with Crippen LogP contribution in [0, 0.1) is 6.92 Å². The lowest BCUT2D eigenvalue weighted by Gasteiger charge is -2.12. The summed E-state index contributed by atoms with van der Waals surface area (Å²) in [4.78, 5) is 0. The van der Waals surface area contributed by atoms with E-state index in [1.54, 1.807) is 16.4 Å². The van der Waals surface area contributed by atoms with Crippen molar-refractivity contribution < 1.29 is 4.74 Å². The van der Waals surface area contributed by atoms with Crippen LogP contribution in [0.5, 0.6) is 5.75 Å². The van der Waals surface area contributed by atoms with Crippen molar-refractivity contribution in [1.82, 2.24) is 20.2 Å². The van der Waals surface area contributed by atoms with Gasteiger partial charge in [0, 0.05) is 12.8 Å². The highest BCUT2D eigenvalue weighted by atomic mass is 32.2. The molecule has 0 aliphatic rings. The summed E-state index contributed by atoms with van der Waals surface area (Å²) in [6.07, 6.45) is 0. The first-order chi connectivity index (χ1) is 9.58. The van der Waals surface area contributed by atoms with Crippen molar-refractivity contribution in [3.05, 3.63) is 29.3 Å². The molecular formula is C14H20N4OS. The number of rotatable bonds is 6. The van der Waals surface area contributed by atoms with E-state index in [-0.39, 0.29) is 0 Å². The molecule has 0 saturated heterocycles. The Kier molecular flexibility index (Phi) is 5.00. The molecule has 2 rings (SSSR count). The molecule has 1 aromatic carbocycles. The lowest BCUT2D eigenvalue weighted by Crippen LogP contribution is -2.03. The molecule has 6 heteroatoms. The van der Waals surface area contributed by atoms with Crippen molar-refractivity contribution in [3.8, 4) is 5.75 Å². The summed E-state index contributed by atoms with van der Waals surface area (Å²) in [7, 11) is 1.83. The Balaban J connectivity index is 1.82. The maximum atomic E-state index is 5.76. The van der Waals surface area contributed by atoms with Gasteiger partial charge in [0.2, 0.25) is 5.16 Å². The predicted molar refractivity (Wildman–Crippen MR) is 80.3 cm³/mol. The number of aryl methyl sites for hydroxylation is 2. The fourth-order valence-corrected chi connectivity index (χ4v) is 2.69. The summed E-state index contributed by atoms with van der Waals surface area (Å²) >= 11 is 1.59.